The van der Waals surface area contributed by atoms with Crippen LogP contribution in [0.1, 0.15) is 24.1 Å². The lowest BCUT2D eigenvalue weighted by Crippen LogP contribution is -2.30. The van der Waals surface area contributed by atoms with Crippen LogP contribution in [0.4, 0.5) is 0 Å². The lowest BCUT2D eigenvalue weighted by molar-refractivity contribution is -0.118. The molecule has 1 aliphatic carbocycles. The number of benzene rings is 1. The van der Waals surface area contributed by atoms with Gasteiger partial charge in [-0.1, -0.05) is 45.2 Å². The number of aryl methyl sites for hydroxylation is 1. The Morgan fingerprint density at radius 3 is 2.69 bits per heavy atom. The number of fused-ring (bicyclic) bond motifs is 1. The quantitative estimate of drug-likeness (QED) is 0.432. The Balaban J connectivity index is 1.46. The monoisotopic (exact) mass is 573 g/mol. The first kappa shape index (κ1) is 23.5. The highest BCUT2D eigenvalue weighted by atomic mass is 79.9. The summed E-state index contributed by atoms with van der Waals surface area (Å²) in [4.78, 5) is 12.3. The fourth-order valence-electron chi connectivity index (χ4n) is 3.53. The first-order valence-corrected chi connectivity index (χ1v) is 13.7. The SMILES string of the molecule is O=C(CS(=O)(=O)c1cc(Cl)c(Cl)s1)NC/C=C1\CCCc2cnn(-c3ccc(Br)cc3)c21. The third kappa shape index (κ3) is 5.12. The van der Waals surface area contributed by atoms with Crippen molar-refractivity contribution in [1.82, 2.24) is 15.1 Å². The van der Waals surface area contributed by atoms with E-state index >= 15 is 0 Å². The zero-order valence-electron chi connectivity index (χ0n) is 16.6. The fourth-order valence-corrected chi connectivity index (χ4v) is 6.93. The third-order valence-corrected chi connectivity index (χ3v) is 9.58. The second-order valence-electron chi connectivity index (χ2n) is 7.24. The van der Waals surface area contributed by atoms with Crippen LogP contribution in [0.5, 0.6) is 0 Å². The second-order valence-corrected chi connectivity index (χ2v) is 12.4. The maximum absolute atomic E-state index is 12.4. The van der Waals surface area contributed by atoms with Gasteiger partial charge in [0.2, 0.25) is 5.91 Å². The number of carbonyl (C=O) groups is 1. The summed E-state index contributed by atoms with van der Waals surface area (Å²) in [5.74, 6) is -1.24. The molecule has 0 saturated carbocycles. The predicted octanol–water partition coefficient (Wildman–Crippen LogP) is 5.31. The molecule has 0 aliphatic heterocycles. The van der Waals surface area contributed by atoms with E-state index in [1.165, 1.54) is 6.07 Å². The summed E-state index contributed by atoms with van der Waals surface area (Å²) in [5, 5.41) is 7.39. The van der Waals surface area contributed by atoms with Crippen molar-refractivity contribution in [3.05, 3.63) is 67.7 Å². The van der Waals surface area contributed by atoms with E-state index in [1.54, 1.807) is 0 Å². The number of sulfone groups is 1. The molecule has 0 spiro atoms. The van der Waals surface area contributed by atoms with Gasteiger partial charge in [0.15, 0.2) is 9.84 Å². The van der Waals surface area contributed by atoms with Crippen molar-refractivity contribution in [3.63, 3.8) is 0 Å². The smallest absolute Gasteiger partial charge is 0.235 e. The molecule has 1 aromatic carbocycles. The van der Waals surface area contributed by atoms with Crippen LogP contribution in [0.3, 0.4) is 0 Å². The summed E-state index contributed by atoms with van der Waals surface area (Å²) in [6.45, 7) is 0.223. The van der Waals surface area contributed by atoms with Crippen LogP contribution in [-0.2, 0) is 21.1 Å². The summed E-state index contributed by atoms with van der Waals surface area (Å²) in [7, 11) is -3.80. The molecule has 0 fully saturated rings. The van der Waals surface area contributed by atoms with Crippen LogP contribution in [0.2, 0.25) is 9.36 Å². The minimum Gasteiger partial charge on any atom is -0.352 e. The van der Waals surface area contributed by atoms with Crippen LogP contribution < -0.4 is 5.32 Å². The van der Waals surface area contributed by atoms with Gasteiger partial charge < -0.3 is 5.32 Å². The first-order valence-electron chi connectivity index (χ1n) is 9.71. The van der Waals surface area contributed by atoms with E-state index in [-0.39, 0.29) is 20.1 Å². The van der Waals surface area contributed by atoms with Crippen LogP contribution in [0, 0.1) is 0 Å². The number of nitrogens with zero attached hydrogens (tertiary/aromatic N) is 2. The Morgan fingerprint density at radius 1 is 1.25 bits per heavy atom. The molecular weight excluding hydrogens is 557 g/mol. The number of allylic oxidation sites excluding steroid dienone is 1. The number of rotatable bonds is 6. The molecule has 2 aromatic heterocycles. The van der Waals surface area contributed by atoms with Gasteiger partial charge in [-0.2, -0.15) is 5.10 Å². The standard InChI is InChI=1S/C21H18BrCl2N3O3S2/c22-15-4-6-16(7-5-15)27-20-13(2-1-3-14(20)11-26-27)8-9-25-18(28)12-32(29,30)19-10-17(23)21(24)31-19/h4-8,10-11H,1-3,9,12H2,(H,25,28)/b13-8+. The van der Waals surface area contributed by atoms with Gasteiger partial charge in [-0.3, -0.25) is 4.79 Å². The molecule has 6 nitrogen and oxygen atoms in total. The fraction of sp³-hybridized carbons (Fsp3) is 0.238. The summed E-state index contributed by atoms with van der Waals surface area (Å²) in [6.07, 6.45) is 6.60. The molecule has 3 aromatic rings. The molecule has 0 radical (unpaired) electrons. The third-order valence-electron chi connectivity index (χ3n) is 5.01. The van der Waals surface area contributed by atoms with Crippen LogP contribution in [0.15, 0.2) is 51.3 Å². The number of nitrogens with one attached hydrogen (secondary N) is 1. The van der Waals surface area contributed by atoms with Gasteiger partial charge in [0.25, 0.3) is 0 Å². The Kier molecular flexibility index (Phi) is 7.11. The maximum atomic E-state index is 12.4. The number of carbonyl (C=O) groups excluding carboxylic acids is 1. The van der Waals surface area contributed by atoms with E-state index in [2.05, 4.69) is 26.3 Å². The highest BCUT2D eigenvalue weighted by Gasteiger charge is 2.23. The lowest BCUT2D eigenvalue weighted by atomic mass is 9.92. The molecule has 4 rings (SSSR count). The number of hydrogen-bond acceptors (Lipinski definition) is 5. The van der Waals surface area contributed by atoms with E-state index in [0.29, 0.717) is 0 Å². The minimum absolute atomic E-state index is 0.0173. The Bertz CT molecular complexity index is 1280. The first-order chi connectivity index (χ1) is 15.2. The maximum Gasteiger partial charge on any atom is 0.235 e. The largest absolute Gasteiger partial charge is 0.352 e. The van der Waals surface area contributed by atoms with E-state index < -0.39 is 21.5 Å². The van der Waals surface area contributed by atoms with Crippen LogP contribution >= 0.6 is 50.5 Å². The average molecular weight is 575 g/mol. The molecule has 0 atom stereocenters. The highest BCUT2D eigenvalue weighted by Crippen LogP contribution is 2.35. The summed E-state index contributed by atoms with van der Waals surface area (Å²) in [5.41, 5.74) is 4.21. The van der Waals surface area contributed by atoms with Crippen molar-refractivity contribution in [2.24, 2.45) is 0 Å². The topological polar surface area (TPSA) is 81.1 Å². The zero-order valence-corrected chi connectivity index (χ0v) is 21.4. The van der Waals surface area contributed by atoms with Crippen molar-refractivity contribution in [3.8, 4) is 5.69 Å². The number of amides is 1. The minimum atomic E-state index is -3.80. The number of aromatic nitrogens is 2. The molecule has 0 saturated heterocycles. The number of thiophene rings is 1. The molecule has 1 N–H and O–H groups in total. The molecule has 1 aliphatic rings. The van der Waals surface area contributed by atoms with Gasteiger partial charge in [0.05, 0.1) is 22.6 Å². The van der Waals surface area contributed by atoms with Crippen molar-refractivity contribution >= 4 is 71.8 Å². The van der Waals surface area contributed by atoms with Gasteiger partial charge in [-0.25, -0.2) is 13.1 Å². The summed E-state index contributed by atoms with van der Waals surface area (Å²) < 4.78 is 27.9. The molecule has 2 heterocycles. The lowest BCUT2D eigenvalue weighted by Gasteiger charge is -2.18. The molecule has 32 heavy (non-hydrogen) atoms. The molecule has 11 heteroatoms. The summed E-state index contributed by atoms with van der Waals surface area (Å²) >= 11 is 16.0. The second kappa shape index (κ2) is 9.69. The van der Waals surface area contributed by atoms with E-state index in [1.807, 2.05) is 41.2 Å². The van der Waals surface area contributed by atoms with Gasteiger partial charge >= 0.3 is 0 Å². The predicted molar refractivity (Wildman–Crippen MR) is 132 cm³/mol. The van der Waals surface area contributed by atoms with Gasteiger partial charge in [0.1, 0.15) is 14.3 Å². The van der Waals surface area contributed by atoms with E-state index in [0.717, 1.165) is 57.6 Å². The van der Waals surface area contributed by atoms with E-state index in [9.17, 15) is 13.2 Å². The average Bonchev–Trinajstić information content (AvgIpc) is 3.33. The van der Waals surface area contributed by atoms with Gasteiger partial charge in [0, 0.05) is 11.0 Å². The Hall–Kier alpha value is -1.65. The van der Waals surface area contributed by atoms with Crippen LogP contribution in [-0.4, -0.2) is 36.4 Å². The van der Waals surface area contributed by atoms with Crippen molar-refractivity contribution < 1.29 is 13.2 Å². The van der Waals surface area contributed by atoms with Crippen molar-refractivity contribution in [2.75, 3.05) is 12.3 Å². The summed E-state index contributed by atoms with van der Waals surface area (Å²) in [6, 6.07) is 9.17. The number of hydrogen-bond donors (Lipinski definition) is 1. The molecule has 168 valence electrons. The van der Waals surface area contributed by atoms with Gasteiger partial charge in [-0.05, 0) is 60.7 Å². The van der Waals surface area contributed by atoms with Crippen molar-refractivity contribution in [1.29, 1.82) is 0 Å². The number of halogens is 3. The van der Waals surface area contributed by atoms with E-state index in [4.69, 9.17) is 23.2 Å². The van der Waals surface area contributed by atoms with Crippen LogP contribution in [0.25, 0.3) is 11.3 Å². The highest BCUT2D eigenvalue weighted by molar-refractivity contribution is 9.10. The normalized spacial score (nSPS) is 15.0. The van der Waals surface area contributed by atoms with Crippen molar-refractivity contribution in [2.45, 2.75) is 23.5 Å². The molecular formula is C21H18BrCl2N3O3S2. The molecule has 1 amide bonds. The Morgan fingerprint density at radius 2 is 2.00 bits per heavy atom. The Labute approximate surface area is 208 Å². The van der Waals surface area contributed by atoms with Gasteiger partial charge in [-0.15, -0.1) is 11.3 Å². The zero-order chi connectivity index (χ0) is 22.9. The molecule has 0 bridgehead atoms. The molecule has 0 unspecified atom stereocenters.